The number of carbonyl (C=O) groups is 1. The van der Waals surface area contributed by atoms with Crippen LogP contribution in [0.2, 0.25) is 0 Å². The molecule has 0 aromatic heterocycles. The second-order valence-corrected chi connectivity index (χ2v) is 5.19. The van der Waals surface area contributed by atoms with Gasteiger partial charge in [0, 0.05) is 18.7 Å². The van der Waals surface area contributed by atoms with Crippen LogP contribution in [0.3, 0.4) is 0 Å². The summed E-state index contributed by atoms with van der Waals surface area (Å²) in [7, 11) is 0. The molecule has 1 aliphatic rings. The van der Waals surface area contributed by atoms with Gasteiger partial charge in [0.1, 0.15) is 11.9 Å². The van der Waals surface area contributed by atoms with Gasteiger partial charge in [0.2, 0.25) is 5.91 Å². The molecule has 1 amide bonds. The summed E-state index contributed by atoms with van der Waals surface area (Å²) >= 11 is 0. The van der Waals surface area contributed by atoms with E-state index in [0.29, 0.717) is 24.9 Å². The van der Waals surface area contributed by atoms with E-state index < -0.39 is 0 Å². The maximum absolute atomic E-state index is 13.5. The molecule has 0 bridgehead atoms. The van der Waals surface area contributed by atoms with Crippen LogP contribution in [-0.2, 0) is 17.6 Å². The van der Waals surface area contributed by atoms with Crippen molar-refractivity contribution in [2.24, 2.45) is 0 Å². The highest BCUT2D eigenvalue weighted by Crippen LogP contribution is 2.24. The number of para-hydroxylation sites is 1. The molecule has 21 heavy (non-hydrogen) atoms. The van der Waals surface area contributed by atoms with Crippen LogP contribution < -0.4 is 10.6 Å². The Bertz CT molecular complexity index is 632. The molecule has 1 aliphatic heterocycles. The van der Waals surface area contributed by atoms with Gasteiger partial charge in [-0.05, 0) is 29.7 Å². The molecule has 0 saturated heterocycles. The number of amides is 1. The van der Waals surface area contributed by atoms with Gasteiger partial charge in [-0.2, -0.15) is 0 Å². The van der Waals surface area contributed by atoms with E-state index >= 15 is 0 Å². The average Bonchev–Trinajstić information content (AvgIpc) is 2.93. The number of nitrogens with one attached hydrogen (secondary N) is 2. The van der Waals surface area contributed by atoms with E-state index in [1.807, 2.05) is 24.3 Å². The van der Waals surface area contributed by atoms with Crippen molar-refractivity contribution in [3.8, 4) is 0 Å². The fraction of sp³-hybridized carbons (Fsp3) is 0.235. The lowest BCUT2D eigenvalue weighted by molar-refractivity contribution is -0.121. The van der Waals surface area contributed by atoms with E-state index in [4.69, 9.17) is 0 Å². The Balaban J connectivity index is 1.51. The molecule has 0 fully saturated rings. The maximum atomic E-state index is 13.5. The molecule has 4 heteroatoms. The summed E-state index contributed by atoms with van der Waals surface area (Å²) in [4.78, 5) is 12.1. The molecular weight excluding hydrogens is 267 g/mol. The number of fused-ring (bicyclic) bond motifs is 1. The Kier molecular flexibility index (Phi) is 3.86. The smallest absolute Gasteiger partial charge is 0.242 e. The molecule has 2 aromatic rings. The lowest BCUT2D eigenvalue weighted by Gasteiger charge is -2.12. The third-order valence-corrected chi connectivity index (χ3v) is 3.74. The third-order valence-electron chi connectivity index (χ3n) is 3.74. The van der Waals surface area contributed by atoms with Crippen LogP contribution in [0.4, 0.5) is 10.1 Å². The van der Waals surface area contributed by atoms with Gasteiger partial charge < -0.3 is 10.6 Å². The predicted octanol–water partition coefficient (Wildman–Crippen LogP) is 2.52. The molecule has 0 radical (unpaired) electrons. The normalized spacial score (nSPS) is 16.1. The highest BCUT2D eigenvalue weighted by Gasteiger charge is 2.25. The van der Waals surface area contributed by atoms with Gasteiger partial charge in [0.25, 0.3) is 0 Å². The SMILES string of the molecule is O=C(NCCc1ccccc1F)[C@@H]1Cc2ccccc2N1. The van der Waals surface area contributed by atoms with E-state index in [2.05, 4.69) is 10.6 Å². The molecule has 3 rings (SSSR count). The van der Waals surface area contributed by atoms with Crippen molar-refractivity contribution in [1.82, 2.24) is 5.32 Å². The van der Waals surface area contributed by atoms with Crippen molar-refractivity contribution in [2.75, 3.05) is 11.9 Å². The number of halogens is 1. The van der Waals surface area contributed by atoms with Gasteiger partial charge >= 0.3 is 0 Å². The van der Waals surface area contributed by atoms with Crippen LogP contribution in [0.5, 0.6) is 0 Å². The number of hydrogen-bond donors (Lipinski definition) is 2. The first kappa shape index (κ1) is 13.6. The Morgan fingerprint density at radius 1 is 1.19 bits per heavy atom. The standard InChI is InChI=1S/C17H17FN2O/c18-14-7-3-1-5-12(14)9-10-19-17(21)16-11-13-6-2-4-8-15(13)20-16/h1-8,16,20H,9-11H2,(H,19,21)/t16-/m0/s1. The highest BCUT2D eigenvalue weighted by molar-refractivity contribution is 5.87. The summed E-state index contributed by atoms with van der Waals surface area (Å²) < 4.78 is 13.5. The number of carbonyl (C=O) groups excluding carboxylic acids is 1. The Morgan fingerprint density at radius 3 is 2.76 bits per heavy atom. The summed E-state index contributed by atoms with van der Waals surface area (Å²) in [6, 6.07) is 14.3. The molecular formula is C17H17FN2O. The van der Waals surface area contributed by atoms with Crippen LogP contribution in [0.15, 0.2) is 48.5 Å². The summed E-state index contributed by atoms with van der Waals surface area (Å²) in [5.41, 5.74) is 2.80. The van der Waals surface area contributed by atoms with Gasteiger partial charge in [0.05, 0.1) is 0 Å². The van der Waals surface area contributed by atoms with Crippen molar-refractivity contribution in [3.05, 3.63) is 65.5 Å². The van der Waals surface area contributed by atoms with E-state index in [9.17, 15) is 9.18 Å². The Morgan fingerprint density at radius 2 is 1.95 bits per heavy atom. The van der Waals surface area contributed by atoms with Crippen LogP contribution in [0.1, 0.15) is 11.1 Å². The molecule has 0 aliphatic carbocycles. The quantitative estimate of drug-likeness (QED) is 0.906. The van der Waals surface area contributed by atoms with E-state index in [-0.39, 0.29) is 17.8 Å². The van der Waals surface area contributed by atoms with Gasteiger partial charge in [-0.25, -0.2) is 4.39 Å². The van der Waals surface area contributed by atoms with Crippen LogP contribution >= 0.6 is 0 Å². The number of benzene rings is 2. The Labute approximate surface area is 123 Å². The van der Waals surface area contributed by atoms with Gasteiger partial charge in [-0.15, -0.1) is 0 Å². The molecule has 108 valence electrons. The zero-order valence-corrected chi connectivity index (χ0v) is 11.6. The molecule has 0 spiro atoms. The van der Waals surface area contributed by atoms with Gasteiger partial charge in [-0.1, -0.05) is 36.4 Å². The van der Waals surface area contributed by atoms with Crippen LogP contribution in [0, 0.1) is 5.82 Å². The summed E-state index contributed by atoms with van der Waals surface area (Å²) in [6.45, 7) is 0.439. The monoisotopic (exact) mass is 284 g/mol. The fourth-order valence-corrected chi connectivity index (χ4v) is 2.60. The summed E-state index contributed by atoms with van der Waals surface area (Å²) in [5.74, 6) is -0.263. The second kappa shape index (κ2) is 5.95. The molecule has 1 atom stereocenters. The number of anilines is 1. The summed E-state index contributed by atoms with van der Waals surface area (Å²) in [5, 5.41) is 6.08. The first-order chi connectivity index (χ1) is 10.2. The number of rotatable bonds is 4. The van der Waals surface area contributed by atoms with Crippen molar-refractivity contribution in [3.63, 3.8) is 0 Å². The van der Waals surface area contributed by atoms with Crippen molar-refractivity contribution in [1.29, 1.82) is 0 Å². The van der Waals surface area contributed by atoms with Crippen molar-refractivity contribution in [2.45, 2.75) is 18.9 Å². The van der Waals surface area contributed by atoms with Crippen LogP contribution in [-0.4, -0.2) is 18.5 Å². The minimum atomic E-state index is -0.233. The summed E-state index contributed by atoms with van der Waals surface area (Å²) in [6.07, 6.45) is 1.19. The molecule has 0 unspecified atom stereocenters. The van der Waals surface area contributed by atoms with E-state index in [1.54, 1.807) is 18.2 Å². The molecule has 2 aromatic carbocycles. The minimum Gasteiger partial charge on any atom is -0.373 e. The minimum absolute atomic E-state index is 0.0393. The topological polar surface area (TPSA) is 41.1 Å². The predicted molar refractivity (Wildman–Crippen MR) is 80.7 cm³/mol. The molecule has 3 nitrogen and oxygen atoms in total. The second-order valence-electron chi connectivity index (χ2n) is 5.19. The first-order valence-corrected chi connectivity index (χ1v) is 7.09. The Hall–Kier alpha value is -2.36. The lowest BCUT2D eigenvalue weighted by atomic mass is 10.1. The largest absolute Gasteiger partial charge is 0.373 e. The van der Waals surface area contributed by atoms with Crippen LogP contribution in [0.25, 0.3) is 0 Å². The lowest BCUT2D eigenvalue weighted by Crippen LogP contribution is -2.39. The van der Waals surface area contributed by atoms with Gasteiger partial charge in [0.15, 0.2) is 0 Å². The van der Waals surface area contributed by atoms with E-state index in [0.717, 1.165) is 11.3 Å². The van der Waals surface area contributed by atoms with Crippen molar-refractivity contribution < 1.29 is 9.18 Å². The van der Waals surface area contributed by atoms with Gasteiger partial charge in [-0.3, -0.25) is 4.79 Å². The molecule has 2 N–H and O–H groups in total. The maximum Gasteiger partial charge on any atom is 0.242 e. The first-order valence-electron chi connectivity index (χ1n) is 7.09. The third kappa shape index (κ3) is 3.05. The molecule has 0 saturated carbocycles. The highest BCUT2D eigenvalue weighted by atomic mass is 19.1. The zero-order chi connectivity index (χ0) is 14.7. The van der Waals surface area contributed by atoms with E-state index in [1.165, 1.54) is 6.07 Å². The fourth-order valence-electron chi connectivity index (χ4n) is 2.60. The zero-order valence-electron chi connectivity index (χ0n) is 11.6. The average molecular weight is 284 g/mol. The number of hydrogen-bond acceptors (Lipinski definition) is 2. The molecule has 1 heterocycles. The van der Waals surface area contributed by atoms with Crippen molar-refractivity contribution >= 4 is 11.6 Å².